The SMILES string of the molecule is O=C(Nc1ccc(F)cc1F)c1ccc2c(c1)C(=O)N(c1ccc(Cl)c(Cl)c1)C2=O. The van der Waals surface area contributed by atoms with Gasteiger partial charge in [0.1, 0.15) is 11.6 Å². The second-order valence-electron chi connectivity index (χ2n) is 6.38. The summed E-state index contributed by atoms with van der Waals surface area (Å²) in [5.74, 6) is -3.67. The Labute approximate surface area is 178 Å². The van der Waals surface area contributed by atoms with E-state index in [4.69, 9.17) is 23.2 Å². The predicted molar refractivity (Wildman–Crippen MR) is 108 cm³/mol. The van der Waals surface area contributed by atoms with Crippen molar-refractivity contribution in [1.29, 1.82) is 0 Å². The molecular formula is C21H10Cl2F2N2O3. The molecule has 30 heavy (non-hydrogen) atoms. The average Bonchev–Trinajstić information content (AvgIpc) is 2.96. The Morgan fingerprint density at radius 3 is 2.27 bits per heavy atom. The lowest BCUT2D eigenvalue weighted by Gasteiger charge is -2.14. The molecule has 0 saturated heterocycles. The molecule has 3 amide bonds. The van der Waals surface area contributed by atoms with E-state index in [9.17, 15) is 23.2 Å². The van der Waals surface area contributed by atoms with Crippen molar-refractivity contribution in [3.8, 4) is 0 Å². The number of carbonyl (C=O) groups excluding carboxylic acids is 3. The van der Waals surface area contributed by atoms with Crippen LogP contribution in [0.5, 0.6) is 0 Å². The van der Waals surface area contributed by atoms with Gasteiger partial charge in [0.2, 0.25) is 0 Å². The van der Waals surface area contributed by atoms with Crippen LogP contribution in [0.25, 0.3) is 0 Å². The number of benzene rings is 3. The number of amides is 3. The number of hydrogen-bond acceptors (Lipinski definition) is 3. The molecule has 0 spiro atoms. The minimum absolute atomic E-state index is 0.0123. The van der Waals surface area contributed by atoms with Crippen molar-refractivity contribution >= 4 is 52.3 Å². The van der Waals surface area contributed by atoms with Gasteiger partial charge in [-0.15, -0.1) is 0 Å². The lowest BCUT2D eigenvalue weighted by molar-refractivity contribution is 0.0925. The summed E-state index contributed by atoms with van der Waals surface area (Å²) in [4.78, 5) is 38.9. The van der Waals surface area contributed by atoms with E-state index in [0.717, 1.165) is 17.0 Å². The zero-order chi connectivity index (χ0) is 21.6. The molecule has 1 aliphatic rings. The van der Waals surface area contributed by atoms with Crippen LogP contribution in [-0.4, -0.2) is 17.7 Å². The highest BCUT2D eigenvalue weighted by Crippen LogP contribution is 2.33. The summed E-state index contributed by atoms with van der Waals surface area (Å²) in [6.45, 7) is 0. The Morgan fingerprint density at radius 2 is 1.57 bits per heavy atom. The number of halogens is 4. The van der Waals surface area contributed by atoms with Crippen LogP contribution >= 0.6 is 23.2 Å². The standard InChI is InChI=1S/C21H10Cl2F2N2O3/c22-15-5-3-12(9-16(15)23)27-20(29)13-4-1-10(7-14(13)21(27)30)19(28)26-18-6-2-11(24)8-17(18)25/h1-9H,(H,26,28). The molecule has 1 N–H and O–H groups in total. The first-order chi connectivity index (χ1) is 14.3. The number of hydrogen-bond donors (Lipinski definition) is 1. The first-order valence-electron chi connectivity index (χ1n) is 8.50. The number of imide groups is 1. The van der Waals surface area contributed by atoms with E-state index in [2.05, 4.69) is 5.32 Å². The first-order valence-corrected chi connectivity index (χ1v) is 9.26. The third kappa shape index (κ3) is 3.42. The van der Waals surface area contributed by atoms with Gasteiger partial charge in [0.15, 0.2) is 0 Å². The molecule has 1 aliphatic heterocycles. The fourth-order valence-electron chi connectivity index (χ4n) is 3.03. The fourth-order valence-corrected chi connectivity index (χ4v) is 3.32. The topological polar surface area (TPSA) is 66.5 Å². The van der Waals surface area contributed by atoms with Crippen molar-refractivity contribution in [3.63, 3.8) is 0 Å². The molecule has 3 aromatic rings. The van der Waals surface area contributed by atoms with Crippen LogP contribution in [0.15, 0.2) is 54.6 Å². The van der Waals surface area contributed by atoms with Gasteiger partial charge in [-0.05, 0) is 48.5 Å². The Balaban J connectivity index is 1.64. The second kappa shape index (κ2) is 7.51. The van der Waals surface area contributed by atoms with Gasteiger partial charge in [-0.1, -0.05) is 23.2 Å². The van der Waals surface area contributed by atoms with Crippen molar-refractivity contribution in [2.75, 3.05) is 10.2 Å². The monoisotopic (exact) mass is 446 g/mol. The van der Waals surface area contributed by atoms with Gasteiger partial charge in [-0.2, -0.15) is 0 Å². The van der Waals surface area contributed by atoms with E-state index in [0.29, 0.717) is 6.07 Å². The van der Waals surface area contributed by atoms with Crippen LogP contribution in [-0.2, 0) is 0 Å². The van der Waals surface area contributed by atoms with Crippen molar-refractivity contribution in [3.05, 3.63) is 93.0 Å². The molecular weight excluding hydrogens is 437 g/mol. The van der Waals surface area contributed by atoms with Crippen LogP contribution in [0.3, 0.4) is 0 Å². The summed E-state index contributed by atoms with van der Waals surface area (Å²) in [5.41, 5.74) is 0.153. The van der Waals surface area contributed by atoms with Gasteiger partial charge in [-0.3, -0.25) is 14.4 Å². The summed E-state index contributed by atoms with van der Waals surface area (Å²) in [6.07, 6.45) is 0. The summed E-state index contributed by atoms with van der Waals surface area (Å²) >= 11 is 11.9. The van der Waals surface area contributed by atoms with Crippen LogP contribution in [0.1, 0.15) is 31.1 Å². The molecule has 4 rings (SSSR count). The molecule has 0 aromatic heterocycles. The average molecular weight is 447 g/mol. The second-order valence-corrected chi connectivity index (χ2v) is 7.20. The summed E-state index contributed by atoms with van der Waals surface area (Å²) in [7, 11) is 0. The lowest BCUT2D eigenvalue weighted by Crippen LogP contribution is -2.29. The maximum atomic E-state index is 13.8. The zero-order valence-electron chi connectivity index (χ0n) is 14.9. The Morgan fingerprint density at radius 1 is 0.833 bits per heavy atom. The van der Waals surface area contributed by atoms with Gasteiger partial charge in [0, 0.05) is 11.6 Å². The van der Waals surface area contributed by atoms with Gasteiger partial charge < -0.3 is 5.32 Å². The van der Waals surface area contributed by atoms with Crippen LogP contribution in [0.2, 0.25) is 10.0 Å². The molecule has 0 aliphatic carbocycles. The number of carbonyl (C=O) groups is 3. The van der Waals surface area contributed by atoms with Crippen molar-refractivity contribution in [2.24, 2.45) is 0 Å². The molecule has 0 unspecified atom stereocenters. The Bertz CT molecular complexity index is 1250. The lowest BCUT2D eigenvalue weighted by atomic mass is 10.1. The highest BCUT2D eigenvalue weighted by atomic mass is 35.5. The van der Waals surface area contributed by atoms with Crippen LogP contribution < -0.4 is 10.2 Å². The largest absolute Gasteiger partial charge is 0.319 e. The molecule has 0 atom stereocenters. The van der Waals surface area contributed by atoms with Crippen LogP contribution in [0.4, 0.5) is 20.2 Å². The van der Waals surface area contributed by atoms with E-state index >= 15 is 0 Å². The van der Waals surface area contributed by atoms with Gasteiger partial charge >= 0.3 is 0 Å². The third-order valence-corrected chi connectivity index (χ3v) is 5.23. The Kier molecular flexibility index (Phi) is 5.01. The van der Waals surface area contributed by atoms with E-state index in [-0.39, 0.29) is 38.1 Å². The maximum Gasteiger partial charge on any atom is 0.266 e. The minimum atomic E-state index is -0.943. The molecule has 5 nitrogen and oxygen atoms in total. The molecule has 1 heterocycles. The number of fused-ring (bicyclic) bond motifs is 1. The highest BCUT2D eigenvalue weighted by molar-refractivity contribution is 6.42. The quantitative estimate of drug-likeness (QED) is 0.553. The van der Waals surface area contributed by atoms with E-state index < -0.39 is 29.4 Å². The summed E-state index contributed by atoms with van der Waals surface area (Å²) in [5, 5.41) is 2.75. The number of rotatable bonds is 3. The molecule has 9 heteroatoms. The smallest absolute Gasteiger partial charge is 0.266 e. The number of anilines is 2. The number of nitrogens with zero attached hydrogens (tertiary/aromatic N) is 1. The molecule has 150 valence electrons. The molecule has 0 radical (unpaired) electrons. The van der Waals surface area contributed by atoms with Crippen molar-refractivity contribution in [1.82, 2.24) is 0 Å². The minimum Gasteiger partial charge on any atom is -0.319 e. The Hall–Kier alpha value is -3.29. The highest BCUT2D eigenvalue weighted by Gasteiger charge is 2.37. The fraction of sp³-hybridized carbons (Fsp3) is 0. The summed E-state index contributed by atoms with van der Waals surface area (Å²) < 4.78 is 26.8. The predicted octanol–water partition coefficient (Wildman–Crippen LogP) is 5.32. The first kappa shape index (κ1) is 20.0. The van der Waals surface area contributed by atoms with Gasteiger partial charge in [0.05, 0.1) is 32.5 Å². The van der Waals surface area contributed by atoms with E-state index in [1.54, 1.807) is 0 Å². The van der Waals surface area contributed by atoms with Crippen LogP contribution in [0, 0.1) is 11.6 Å². The van der Waals surface area contributed by atoms with Gasteiger partial charge in [0.25, 0.3) is 17.7 Å². The van der Waals surface area contributed by atoms with E-state index in [1.807, 2.05) is 0 Å². The van der Waals surface area contributed by atoms with Crippen molar-refractivity contribution in [2.45, 2.75) is 0 Å². The molecule has 0 saturated carbocycles. The van der Waals surface area contributed by atoms with E-state index in [1.165, 1.54) is 36.4 Å². The zero-order valence-corrected chi connectivity index (χ0v) is 16.4. The molecule has 3 aromatic carbocycles. The van der Waals surface area contributed by atoms with Gasteiger partial charge in [-0.25, -0.2) is 13.7 Å². The summed E-state index contributed by atoms with van der Waals surface area (Å²) in [6, 6.07) is 10.9. The van der Waals surface area contributed by atoms with Crippen molar-refractivity contribution < 1.29 is 23.2 Å². The molecule has 0 fully saturated rings. The number of nitrogens with one attached hydrogen (secondary N) is 1. The third-order valence-electron chi connectivity index (χ3n) is 4.49. The normalized spacial score (nSPS) is 12.9. The molecule has 0 bridgehead atoms. The maximum absolute atomic E-state index is 13.8.